The van der Waals surface area contributed by atoms with Crippen LogP contribution in [0.2, 0.25) is 5.02 Å². The third-order valence-electron chi connectivity index (χ3n) is 2.91. The highest BCUT2D eigenvalue weighted by Crippen LogP contribution is 2.28. The smallest absolute Gasteiger partial charge is 0.194 e. The van der Waals surface area contributed by atoms with Crippen molar-refractivity contribution < 1.29 is 9.18 Å². The molecule has 3 rings (SSSR count). The highest BCUT2D eigenvalue weighted by Gasteiger charge is 2.15. The topological polar surface area (TPSA) is 17.1 Å². The van der Waals surface area contributed by atoms with Gasteiger partial charge in [0.05, 0.1) is 5.02 Å². The molecule has 1 nitrogen and oxygen atoms in total. The molecule has 94 valence electrons. The van der Waals surface area contributed by atoms with E-state index in [2.05, 4.69) is 0 Å². The Hall–Kier alpha value is -1.71. The lowest BCUT2D eigenvalue weighted by Gasteiger charge is -2.01. The first-order valence-corrected chi connectivity index (χ1v) is 6.88. The van der Waals surface area contributed by atoms with Crippen molar-refractivity contribution in [2.24, 2.45) is 0 Å². The fraction of sp³-hybridized carbons (Fsp3) is 0. The van der Waals surface area contributed by atoms with E-state index in [4.69, 9.17) is 11.6 Å². The van der Waals surface area contributed by atoms with Crippen molar-refractivity contribution in [1.82, 2.24) is 0 Å². The van der Waals surface area contributed by atoms with Crippen LogP contribution in [0.5, 0.6) is 0 Å². The van der Waals surface area contributed by atoms with Gasteiger partial charge in [0.15, 0.2) is 5.78 Å². The first kappa shape index (κ1) is 12.3. The van der Waals surface area contributed by atoms with Crippen LogP contribution in [0.25, 0.3) is 10.1 Å². The molecule has 1 aromatic heterocycles. The Balaban J connectivity index is 2.11. The summed E-state index contributed by atoms with van der Waals surface area (Å²) in [5, 5.41) is 2.72. The minimum Gasteiger partial charge on any atom is -0.289 e. The van der Waals surface area contributed by atoms with Crippen molar-refractivity contribution in [3.8, 4) is 0 Å². The molecule has 2 aromatic carbocycles. The zero-order valence-electron chi connectivity index (χ0n) is 9.69. The second-order valence-electron chi connectivity index (χ2n) is 4.10. The number of fused-ring (bicyclic) bond motifs is 1. The largest absolute Gasteiger partial charge is 0.289 e. The van der Waals surface area contributed by atoms with Crippen molar-refractivity contribution in [2.45, 2.75) is 0 Å². The summed E-state index contributed by atoms with van der Waals surface area (Å²) in [5.74, 6) is -0.764. The van der Waals surface area contributed by atoms with Gasteiger partial charge in [-0.1, -0.05) is 29.8 Å². The molecule has 0 saturated carbocycles. The summed E-state index contributed by atoms with van der Waals surface area (Å²) < 4.78 is 14.5. The first-order chi connectivity index (χ1) is 9.16. The van der Waals surface area contributed by atoms with Crippen molar-refractivity contribution in [1.29, 1.82) is 0 Å². The van der Waals surface area contributed by atoms with E-state index in [0.29, 0.717) is 11.1 Å². The van der Waals surface area contributed by atoms with Gasteiger partial charge >= 0.3 is 0 Å². The highest BCUT2D eigenvalue weighted by molar-refractivity contribution is 7.17. The summed E-state index contributed by atoms with van der Waals surface area (Å²) in [6.07, 6.45) is 0. The lowest BCUT2D eigenvalue weighted by Crippen LogP contribution is -2.00. The predicted octanol–water partition coefficient (Wildman–Crippen LogP) is 4.92. The number of rotatable bonds is 2. The van der Waals surface area contributed by atoms with Crippen LogP contribution in [0, 0.1) is 5.82 Å². The average Bonchev–Trinajstić information content (AvgIpc) is 2.85. The van der Waals surface area contributed by atoms with E-state index in [9.17, 15) is 9.18 Å². The van der Waals surface area contributed by atoms with Crippen LogP contribution < -0.4 is 0 Å². The molecule has 0 amide bonds. The normalized spacial score (nSPS) is 10.8. The van der Waals surface area contributed by atoms with Crippen LogP contribution in [0.4, 0.5) is 4.39 Å². The zero-order valence-corrected chi connectivity index (χ0v) is 11.3. The molecule has 0 aliphatic carbocycles. The van der Waals surface area contributed by atoms with Gasteiger partial charge in [-0.2, -0.15) is 0 Å². The van der Waals surface area contributed by atoms with E-state index in [1.807, 2.05) is 24.3 Å². The maximum Gasteiger partial charge on any atom is 0.194 e. The number of hydrogen-bond donors (Lipinski definition) is 0. The monoisotopic (exact) mass is 290 g/mol. The number of carbonyl (C=O) groups excluding carboxylic acids is 1. The molecule has 0 saturated heterocycles. The molecule has 0 aliphatic rings. The van der Waals surface area contributed by atoms with Gasteiger partial charge in [-0.05, 0) is 24.3 Å². The van der Waals surface area contributed by atoms with Crippen molar-refractivity contribution in [2.75, 3.05) is 0 Å². The molecule has 0 fully saturated rings. The van der Waals surface area contributed by atoms with Crippen LogP contribution in [-0.2, 0) is 0 Å². The Labute approximate surface area is 118 Å². The van der Waals surface area contributed by atoms with E-state index in [-0.39, 0.29) is 10.8 Å². The highest BCUT2D eigenvalue weighted by atomic mass is 35.5. The van der Waals surface area contributed by atoms with Gasteiger partial charge in [-0.25, -0.2) is 4.39 Å². The summed E-state index contributed by atoms with van der Waals surface area (Å²) in [6.45, 7) is 0. The summed E-state index contributed by atoms with van der Waals surface area (Å²) in [4.78, 5) is 12.4. The van der Waals surface area contributed by atoms with Crippen molar-refractivity contribution in [3.63, 3.8) is 0 Å². The van der Waals surface area contributed by atoms with Gasteiger partial charge < -0.3 is 0 Å². The molecule has 4 heteroatoms. The Morgan fingerprint density at radius 3 is 2.74 bits per heavy atom. The van der Waals surface area contributed by atoms with E-state index >= 15 is 0 Å². The van der Waals surface area contributed by atoms with E-state index in [1.165, 1.54) is 23.5 Å². The number of hydrogen-bond acceptors (Lipinski definition) is 2. The van der Waals surface area contributed by atoms with Crippen molar-refractivity contribution in [3.05, 3.63) is 69.8 Å². The molecule has 0 bridgehead atoms. The molecule has 0 unspecified atom stereocenters. The number of halogens is 2. The third kappa shape index (κ3) is 2.15. The Morgan fingerprint density at radius 2 is 1.95 bits per heavy atom. The number of thiophene rings is 1. The van der Waals surface area contributed by atoms with Crippen LogP contribution >= 0.6 is 22.9 Å². The van der Waals surface area contributed by atoms with Crippen LogP contribution in [0.1, 0.15) is 15.9 Å². The molecule has 0 N–H and O–H groups in total. The second-order valence-corrected chi connectivity index (χ2v) is 5.42. The van der Waals surface area contributed by atoms with Gasteiger partial charge in [0.25, 0.3) is 0 Å². The molecule has 0 aliphatic heterocycles. The van der Waals surface area contributed by atoms with E-state index < -0.39 is 5.82 Å². The van der Waals surface area contributed by atoms with Crippen LogP contribution in [0.15, 0.2) is 47.8 Å². The van der Waals surface area contributed by atoms with Gasteiger partial charge in [-0.15, -0.1) is 11.3 Å². The first-order valence-electron chi connectivity index (χ1n) is 5.63. The summed E-state index contributed by atoms with van der Waals surface area (Å²) >= 11 is 7.12. The molecule has 19 heavy (non-hydrogen) atoms. The standard InChI is InChI=1S/C15H8ClFOS/c16-12-6-5-9(7-13(12)17)15(18)11-8-19-14-4-2-1-3-10(11)14/h1-8H. The minimum atomic E-state index is -0.577. The fourth-order valence-corrected chi connectivity index (χ4v) is 3.00. The number of carbonyl (C=O) groups is 1. The molecule has 0 radical (unpaired) electrons. The number of benzene rings is 2. The maximum absolute atomic E-state index is 13.4. The molecule has 0 atom stereocenters. The van der Waals surface area contributed by atoms with E-state index in [1.54, 1.807) is 11.4 Å². The quantitative estimate of drug-likeness (QED) is 0.612. The SMILES string of the molecule is O=C(c1ccc(Cl)c(F)c1)c1csc2ccccc12. The van der Waals surface area contributed by atoms with Gasteiger partial charge in [0.1, 0.15) is 5.82 Å². The third-order valence-corrected chi connectivity index (χ3v) is 4.18. The molecule has 1 heterocycles. The van der Waals surface area contributed by atoms with Crippen LogP contribution in [0.3, 0.4) is 0 Å². The molecule has 0 spiro atoms. The van der Waals surface area contributed by atoms with Crippen molar-refractivity contribution >= 4 is 38.8 Å². The summed E-state index contributed by atoms with van der Waals surface area (Å²) in [7, 11) is 0. The summed E-state index contributed by atoms with van der Waals surface area (Å²) in [5.41, 5.74) is 0.910. The van der Waals surface area contributed by atoms with Gasteiger partial charge in [0, 0.05) is 26.6 Å². The number of ketones is 1. The lowest BCUT2D eigenvalue weighted by molar-refractivity contribution is 0.104. The predicted molar refractivity (Wildman–Crippen MR) is 76.7 cm³/mol. The van der Waals surface area contributed by atoms with E-state index in [0.717, 1.165) is 10.1 Å². The average molecular weight is 291 g/mol. The maximum atomic E-state index is 13.4. The molecular weight excluding hydrogens is 283 g/mol. The fourth-order valence-electron chi connectivity index (χ4n) is 1.95. The molecular formula is C15H8ClFOS. The Bertz CT molecular complexity index is 779. The van der Waals surface area contributed by atoms with Gasteiger partial charge in [0.2, 0.25) is 0 Å². The Kier molecular flexibility index (Phi) is 3.09. The van der Waals surface area contributed by atoms with Crippen LogP contribution in [-0.4, -0.2) is 5.78 Å². The zero-order chi connectivity index (χ0) is 13.4. The second kappa shape index (κ2) is 4.76. The molecule has 3 aromatic rings. The van der Waals surface area contributed by atoms with Gasteiger partial charge in [-0.3, -0.25) is 4.79 Å². The summed E-state index contributed by atoms with van der Waals surface area (Å²) in [6, 6.07) is 11.8. The Morgan fingerprint density at radius 1 is 1.16 bits per heavy atom. The minimum absolute atomic E-state index is 0.0201. The lowest BCUT2D eigenvalue weighted by atomic mass is 10.0.